The van der Waals surface area contributed by atoms with Crippen molar-refractivity contribution in [2.75, 3.05) is 32.8 Å². The molecule has 0 aromatic rings. The van der Waals surface area contributed by atoms with Gasteiger partial charge in [-0.15, -0.1) is 6.58 Å². The third kappa shape index (κ3) is 4.08. The van der Waals surface area contributed by atoms with E-state index in [-0.39, 0.29) is 0 Å². The molecule has 2 unspecified atom stereocenters. The smallest absolute Gasteiger partial charge is 0.0593 e. The Bertz CT molecular complexity index is 253. The van der Waals surface area contributed by atoms with Gasteiger partial charge in [-0.25, -0.2) is 0 Å². The molecule has 2 atom stereocenters. The summed E-state index contributed by atoms with van der Waals surface area (Å²) in [5, 5.41) is 3.73. The number of nitrogens with zero attached hydrogens (tertiary/aromatic N) is 1. The lowest BCUT2D eigenvalue weighted by atomic mass is 10.0. The van der Waals surface area contributed by atoms with E-state index in [1.54, 1.807) is 0 Å². The molecule has 2 aliphatic rings. The van der Waals surface area contributed by atoms with Crippen LogP contribution in [0.25, 0.3) is 0 Å². The molecule has 1 saturated carbocycles. The van der Waals surface area contributed by atoms with Crippen LogP contribution in [-0.4, -0.2) is 49.8 Å². The van der Waals surface area contributed by atoms with Crippen LogP contribution >= 0.6 is 0 Å². The fraction of sp³-hybridized carbons (Fsp3) is 0.867. The molecule has 104 valence electrons. The standard InChI is InChI=1S/C15H28N2O/c1-3-5-9-18-10-8-17-12-15(13-6-7-13)16-11-14(17)4-2/h3,13-16H,1,4-12H2,2H3. The maximum absolute atomic E-state index is 5.65. The van der Waals surface area contributed by atoms with Crippen molar-refractivity contribution in [1.29, 1.82) is 0 Å². The Morgan fingerprint density at radius 3 is 2.89 bits per heavy atom. The topological polar surface area (TPSA) is 24.5 Å². The average molecular weight is 252 g/mol. The lowest BCUT2D eigenvalue weighted by molar-refractivity contribution is 0.0627. The molecule has 3 nitrogen and oxygen atoms in total. The van der Waals surface area contributed by atoms with Gasteiger partial charge in [-0.3, -0.25) is 4.90 Å². The summed E-state index contributed by atoms with van der Waals surface area (Å²) >= 11 is 0. The van der Waals surface area contributed by atoms with Crippen LogP contribution in [0.15, 0.2) is 12.7 Å². The molecular weight excluding hydrogens is 224 g/mol. The largest absolute Gasteiger partial charge is 0.380 e. The number of ether oxygens (including phenoxy) is 1. The highest BCUT2D eigenvalue weighted by atomic mass is 16.5. The van der Waals surface area contributed by atoms with Crippen LogP contribution in [0.3, 0.4) is 0 Å². The van der Waals surface area contributed by atoms with E-state index in [2.05, 4.69) is 23.7 Å². The zero-order valence-electron chi connectivity index (χ0n) is 11.7. The van der Waals surface area contributed by atoms with E-state index in [0.717, 1.165) is 44.7 Å². The van der Waals surface area contributed by atoms with Crippen molar-refractivity contribution in [2.45, 2.75) is 44.7 Å². The van der Waals surface area contributed by atoms with Crippen LogP contribution < -0.4 is 5.32 Å². The van der Waals surface area contributed by atoms with Gasteiger partial charge < -0.3 is 10.1 Å². The Labute approximate surface area is 112 Å². The maximum Gasteiger partial charge on any atom is 0.0593 e. The van der Waals surface area contributed by atoms with Gasteiger partial charge in [0.2, 0.25) is 0 Å². The van der Waals surface area contributed by atoms with Crippen molar-refractivity contribution < 1.29 is 4.74 Å². The van der Waals surface area contributed by atoms with Crippen molar-refractivity contribution in [3.8, 4) is 0 Å². The maximum atomic E-state index is 5.65. The molecule has 1 aliphatic heterocycles. The zero-order valence-corrected chi connectivity index (χ0v) is 11.7. The van der Waals surface area contributed by atoms with Crippen molar-refractivity contribution in [1.82, 2.24) is 10.2 Å². The van der Waals surface area contributed by atoms with Gasteiger partial charge in [0.15, 0.2) is 0 Å². The van der Waals surface area contributed by atoms with E-state index in [1.807, 2.05) is 6.08 Å². The molecule has 3 heteroatoms. The lowest BCUT2D eigenvalue weighted by Gasteiger charge is -2.40. The molecule has 0 amide bonds. The second-order valence-corrected chi connectivity index (χ2v) is 5.60. The van der Waals surface area contributed by atoms with Crippen molar-refractivity contribution >= 4 is 0 Å². The minimum absolute atomic E-state index is 0.697. The molecule has 0 aromatic heterocycles. The molecule has 0 radical (unpaired) electrons. The van der Waals surface area contributed by atoms with Gasteiger partial charge in [0.25, 0.3) is 0 Å². The fourth-order valence-electron chi connectivity index (χ4n) is 2.82. The summed E-state index contributed by atoms with van der Waals surface area (Å²) in [7, 11) is 0. The number of hydrogen-bond acceptors (Lipinski definition) is 3. The van der Waals surface area contributed by atoms with Crippen molar-refractivity contribution in [3.05, 3.63) is 12.7 Å². The first-order chi connectivity index (χ1) is 8.85. The van der Waals surface area contributed by atoms with Crippen LogP contribution in [-0.2, 0) is 4.74 Å². The van der Waals surface area contributed by atoms with Gasteiger partial charge in [-0.2, -0.15) is 0 Å². The van der Waals surface area contributed by atoms with Crippen LogP contribution in [0.4, 0.5) is 0 Å². The van der Waals surface area contributed by atoms with Crippen LogP contribution in [0.5, 0.6) is 0 Å². The normalized spacial score (nSPS) is 29.4. The highest BCUT2D eigenvalue weighted by Crippen LogP contribution is 2.34. The van der Waals surface area contributed by atoms with Crippen LogP contribution in [0.1, 0.15) is 32.6 Å². The summed E-state index contributed by atoms with van der Waals surface area (Å²) in [6.45, 7) is 11.1. The van der Waals surface area contributed by atoms with Crippen LogP contribution in [0.2, 0.25) is 0 Å². The molecule has 1 saturated heterocycles. The Morgan fingerprint density at radius 1 is 1.39 bits per heavy atom. The SMILES string of the molecule is C=CCCOCCN1CC(C2CC2)NCC1CC. The van der Waals surface area contributed by atoms with Gasteiger partial charge in [0, 0.05) is 31.7 Å². The molecule has 1 N–H and O–H groups in total. The molecule has 1 aliphatic carbocycles. The molecule has 0 spiro atoms. The summed E-state index contributed by atoms with van der Waals surface area (Å²) in [5.74, 6) is 0.951. The van der Waals surface area contributed by atoms with E-state index in [0.29, 0.717) is 6.04 Å². The highest BCUT2D eigenvalue weighted by Gasteiger charge is 2.36. The monoisotopic (exact) mass is 252 g/mol. The average Bonchev–Trinajstić information content (AvgIpc) is 3.22. The van der Waals surface area contributed by atoms with Crippen LogP contribution in [0, 0.1) is 5.92 Å². The predicted octanol–water partition coefficient (Wildman–Crippen LogP) is 2.04. The number of piperazine rings is 1. The lowest BCUT2D eigenvalue weighted by Crippen LogP contribution is -2.57. The molecule has 18 heavy (non-hydrogen) atoms. The second kappa shape index (κ2) is 7.27. The van der Waals surface area contributed by atoms with E-state index >= 15 is 0 Å². The first kappa shape index (κ1) is 14.0. The first-order valence-corrected chi connectivity index (χ1v) is 7.51. The highest BCUT2D eigenvalue weighted by molar-refractivity contribution is 4.94. The summed E-state index contributed by atoms with van der Waals surface area (Å²) < 4.78 is 5.65. The summed E-state index contributed by atoms with van der Waals surface area (Å²) in [4.78, 5) is 2.63. The van der Waals surface area contributed by atoms with Crippen molar-refractivity contribution in [3.63, 3.8) is 0 Å². The molecule has 1 heterocycles. The number of nitrogens with one attached hydrogen (secondary N) is 1. The molecule has 2 fully saturated rings. The van der Waals surface area contributed by atoms with E-state index in [1.165, 1.54) is 25.8 Å². The van der Waals surface area contributed by atoms with Gasteiger partial charge in [0.1, 0.15) is 0 Å². The molecule has 2 rings (SSSR count). The first-order valence-electron chi connectivity index (χ1n) is 7.51. The summed E-state index contributed by atoms with van der Waals surface area (Å²) in [6.07, 6.45) is 6.97. The van der Waals surface area contributed by atoms with Gasteiger partial charge >= 0.3 is 0 Å². The van der Waals surface area contributed by atoms with Gasteiger partial charge in [-0.1, -0.05) is 13.0 Å². The Morgan fingerprint density at radius 2 is 2.22 bits per heavy atom. The molecule has 0 bridgehead atoms. The van der Waals surface area contributed by atoms with E-state index < -0.39 is 0 Å². The van der Waals surface area contributed by atoms with E-state index in [4.69, 9.17) is 4.74 Å². The Kier molecular flexibility index (Phi) is 5.67. The Balaban J connectivity index is 1.69. The molecular formula is C15H28N2O. The molecule has 0 aromatic carbocycles. The number of hydrogen-bond donors (Lipinski definition) is 1. The fourth-order valence-corrected chi connectivity index (χ4v) is 2.82. The second-order valence-electron chi connectivity index (χ2n) is 5.60. The third-order valence-corrected chi connectivity index (χ3v) is 4.21. The van der Waals surface area contributed by atoms with Gasteiger partial charge in [-0.05, 0) is 31.6 Å². The predicted molar refractivity (Wildman–Crippen MR) is 75.8 cm³/mol. The minimum Gasteiger partial charge on any atom is -0.380 e. The zero-order chi connectivity index (χ0) is 12.8. The minimum atomic E-state index is 0.697. The van der Waals surface area contributed by atoms with Crippen molar-refractivity contribution in [2.24, 2.45) is 5.92 Å². The quantitative estimate of drug-likeness (QED) is 0.528. The summed E-state index contributed by atoms with van der Waals surface area (Å²) in [6, 6.07) is 1.43. The Hall–Kier alpha value is -0.380. The summed E-state index contributed by atoms with van der Waals surface area (Å²) in [5.41, 5.74) is 0. The van der Waals surface area contributed by atoms with E-state index in [9.17, 15) is 0 Å². The van der Waals surface area contributed by atoms with Gasteiger partial charge in [0.05, 0.1) is 13.2 Å². The number of rotatable bonds is 8. The third-order valence-electron chi connectivity index (χ3n) is 4.21.